The third-order valence-corrected chi connectivity index (χ3v) is 8.18. The van der Waals surface area contributed by atoms with Crippen molar-refractivity contribution in [1.82, 2.24) is 14.8 Å². The van der Waals surface area contributed by atoms with Crippen molar-refractivity contribution in [3.63, 3.8) is 0 Å². The monoisotopic (exact) mass is 526 g/mol. The fraction of sp³-hybridized carbons (Fsp3) is 0.174. The standard InChI is InChI=1S/C23H19BrN4O2S2/c1-27-22(15-12-14(24)10-11-18(15)29)25-26-23(27)31-13-21(30)28-16-6-2-4-8-19(16)32-20-9-5-3-7-17(20)28/h2-12,16,19,29H,13H2,1H3/t16-,19+/m1/s1. The molecule has 1 aliphatic heterocycles. The first kappa shape index (κ1) is 21.4. The number of hydrogen-bond donors (Lipinski definition) is 1. The molecule has 2 aromatic carbocycles. The van der Waals surface area contributed by atoms with E-state index in [4.69, 9.17) is 0 Å². The van der Waals surface area contributed by atoms with Crippen LogP contribution in [0.5, 0.6) is 5.75 Å². The van der Waals surface area contributed by atoms with Crippen molar-refractivity contribution in [2.75, 3.05) is 10.7 Å². The fourth-order valence-electron chi connectivity index (χ4n) is 3.84. The lowest BCUT2D eigenvalue weighted by Crippen LogP contribution is -2.48. The number of amides is 1. The van der Waals surface area contributed by atoms with Crippen molar-refractivity contribution in [3.05, 3.63) is 71.2 Å². The number of rotatable bonds is 4. The number of allylic oxidation sites excluding steroid dienone is 2. The summed E-state index contributed by atoms with van der Waals surface area (Å²) >= 11 is 6.56. The van der Waals surface area contributed by atoms with Crippen LogP contribution in [0.2, 0.25) is 0 Å². The lowest BCUT2D eigenvalue weighted by atomic mass is 10.0. The number of nitrogens with zero attached hydrogens (tertiary/aromatic N) is 4. The van der Waals surface area contributed by atoms with Gasteiger partial charge < -0.3 is 14.6 Å². The molecule has 32 heavy (non-hydrogen) atoms. The molecule has 0 saturated heterocycles. The highest BCUT2D eigenvalue weighted by molar-refractivity contribution is 9.10. The summed E-state index contributed by atoms with van der Waals surface area (Å²) in [6, 6.07) is 13.2. The van der Waals surface area contributed by atoms with Crippen LogP contribution in [-0.2, 0) is 11.8 Å². The van der Waals surface area contributed by atoms with Gasteiger partial charge in [-0.15, -0.1) is 22.0 Å². The van der Waals surface area contributed by atoms with Crippen molar-refractivity contribution >= 4 is 51.0 Å². The molecule has 0 saturated carbocycles. The molecule has 1 amide bonds. The largest absolute Gasteiger partial charge is 0.507 e. The van der Waals surface area contributed by atoms with Crippen molar-refractivity contribution in [2.24, 2.45) is 7.05 Å². The minimum atomic E-state index is -0.0123. The molecular weight excluding hydrogens is 508 g/mol. The van der Waals surface area contributed by atoms with E-state index in [1.165, 1.54) is 11.8 Å². The van der Waals surface area contributed by atoms with Crippen LogP contribution in [0, 0.1) is 0 Å². The van der Waals surface area contributed by atoms with Gasteiger partial charge in [0.05, 0.1) is 28.3 Å². The topological polar surface area (TPSA) is 71.2 Å². The molecule has 2 aliphatic rings. The quantitative estimate of drug-likeness (QED) is 0.480. The molecule has 3 aromatic rings. The molecule has 0 radical (unpaired) electrons. The van der Waals surface area contributed by atoms with E-state index in [1.54, 1.807) is 34.5 Å². The number of para-hydroxylation sites is 1. The molecule has 2 heterocycles. The summed E-state index contributed by atoms with van der Waals surface area (Å²) in [4.78, 5) is 16.4. The summed E-state index contributed by atoms with van der Waals surface area (Å²) in [6.07, 6.45) is 8.28. The number of phenolic OH excluding ortho intramolecular Hbond substituents is 1. The van der Waals surface area contributed by atoms with Gasteiger partial charge >= 0.3 is 0 Å². The van der Waals surface area contributed by atoms with Gasteiger partial charge in [0.1, 0.15) is 5.75 Å². The summed E-state index contributed by atoms with van der Waals surface area (Å²) in [5.41, 5.74) is 1.53. The predicted octanol–water partition coefficient (Wildman–Crippen LogP) is 5.04. The Hall–Kier alpha value is -2.49. The van der Waals surface area contributed by atoms with E-state index in [1.807, 2.05) is 42.3 Å². The second kappa shape index (κ2) is 8.80. The van der Waals surface area contributed by atoms with Crippen LogP contribution >= 0.6 is 39.5 Å². The molecular formula is C23H19BrN4O2S2. The first-order valence-electron chi connectivity index (χ1n) is 9.97. The summed E-state index contributed by atoms with van der Waals surface area (Å²) in [5, 5.41) is 19.5. The number of halogens is 1. The number of aromatic hydroxyl groups is 1. The third kappa shape index (κ3) is 3.89. The Morgan fingerprint density at radius 2 is 2.00 bits per heavy atom. The Kier molecular flexibility index (Phi) is 5.88. The second-order valence-corrected chi connectivity index (χ2v) is 10.5. The van der Waals surface area contributed by atoms with Gasteiger partial charge in [-0.3, -0.25) is 4.79 Å². The maximum atomic E-state index is 13.4. The maximum Gasteiger partial charge on any atom is 0.238 e. The van der Waals surface area contributed by atoms with E-state index in [9.17, 15) is 9.90 Å². The normalized spacial score (nSPS) is 19.0. The minimum Gasteiger partial charge on any atom is -0.507 e. The highest BCUT2D eigenvalue weighted by atomic mass is 79.9. The zero-order valence-corrected chi connectivity index (χ0v) is 20.3. The van der Waals surface area contributed by atoms with Gasteiger partial charge in [-0.1, -0.05) is 64.1 Å². The Labute approximate surface area is 202 Å². The van der Waals surface area contributed by atoms with Gasteiger partial charge in [-0.25, -0.2) is 0 Å². The Morgan fingerprint density at radius 3 is 2.88 bits per heavy atom. The first-order valence-corrected chi connectivity index (χ1v) is 12.6. The van der Waals surface area contributed by atoms with Crippen molar-refractivity contribution in [3.8, 4) is 17.1 Å². The smallest absolute Gasteiger partial charge is 0.238 e. The number of benzene rings is 2. The van der Waals surface area contributed by atoms with E-state index in [-0.39, 0.29) is 28.7 Å². The van der Waals surface area contributed by atoms with Crippen LogP contribution in [0.4, 0.5) is 5.69 Å². The van der Waals surface area contributed by atoms with Crippen LogP contribution in [-0.4, -0.2) is 42.8 Å². The van der Waals surface area contributed by atoms with E-state index in [0.29, 0.717) is 16.5 Å². The van der Waals surface area contributed by atoms with Gasteiger partial charge in [0, 0.05) is 16.4 Å². The van der Waals surface area contributed by atoms with Gasteiger partial charge in [-0.05, 0) is 30.3 Å². The Balaban J connectivity index is 1.38. The molecule has 0 unspecified atom stereocenters. The number of anilines is 1. The molecule has 9 heteroatoms. The zero-order valence-electron chi connectivity index (χ0n) is 17.1. The second-order valence-electron chi connectivity index (χ2n) is 7.39. The van der Waals surface area contributed by atoms with E-state index in [0.717, 1.165) is 15.1 Å². The lowest BCUT2D eigenvalue weighted by molar-refractivity contribution is -0.116. The number of carbonyl (C=O) groups excluding carboxylic acids is 1. The summed E-state index contributed by atoms with van der Waals surface area (Å²) in [6.45, 7) is 0. The van der Waals surface area contributed by atoms with Crippen LogP contribution in [0.1, 0.15) is 0 Å². The summed E-state index contributed by atoms with van der Waals surface area (Å²) in [7, 11) is 1.83. The highest BCUT2D eigenvalue weighted by Gasteiger charge is 2.36. The molecule has 1 aromatic heterocycles. The predicted molar refractivity (Wildman–Crippen MR) is 132 cm³/mol. The Morgan fingerprint density at radius 1 is 1.19 bits per heavy atom. The van der Waals surface area contributed by atoms with Gasteiger partial charge in [0.25, 0.3) is 0 Å². The zero-order chi connectivity index (χ0) is 22.2. The maximum absolute atomic E-state index is 13.4. The molecule has 1 aliphatic carbocycles. The third-order valence-electron chi connectivity index (χ3n) is 5.37. The van der Waals surface area contributed by atoms with Crippen LogP contribution in [0.15, 0.2) is 81.3 Å². The molecule has 162 valence electrons. The van der Waals surface area contributed by atoms with Gasteiger partial charge in [-0.2, -0.15) is 0 Å². The molecule has 0 bridgehead atoms. The number of carbonyl (C=O) groups is 1. The number of fused-ring (bicyclic) bond motifs is 2. The van der Waals surface area contributed by atoms with Crippen molar-refractivity contribution in [1.29, 1.82) is 0 Å². The van der Waals surface area contributed by atoms with E-state index >= 15 is 0 Å². The SMILES string of the molecule is Cn1c(SCC(=O)N2c3ccccc3S[C@H]3C=CC=C[C@H]32)nnc1-c1cc(Br)ccc1O. The molecule has 2 atom stereocenters. The van der Waals surface area contributed by atoms with Gasteiger partial charge in [0.15, 0.2) is 11.0 Å². The molecule has 6 nitrogen and oxygen atoms in total. The first-order chi connectivity index (χ1) is 15.5. The van der Waals surface area contributed by atoms with Crippen LogP contribution in [0.3, 0.4) is 0 Å². The molecule has 1 N–H and O–H groups in total. The minimum absolute atomic E-state index is 0.0123. The fourth-order valence-corrected chi connectivity index (χ4v) is 6.23. The van der Waals surface area contributed by atoms with Gasteiger partial charge in [0.2, 0.25) is 5.91 Å². The van der Waals surface area contributed by atoms with E-state index in [2.05, 4.69) is 44.3 Å². The highest BCUT2D eigenvalue weighted by Crippen LogP contribution is 2.43. The number of phenols is 1. The molecule has 0 fully saturated rings. The molecule has 5 rings (SSSR count). The average molecular weight is 527 g/mol. The van der Waals surface area contributed by atoms with Crippen molar-refractivity contribution < 1.29 is 9.90 Å². The number of hydrogen-bond acceptors (Lipinski definition) is 6. The number of thioether (sulfide) groups is 2. The average Bonchev–Trinajstić information content (AvgIpc) is 3.17. The molecule has 0 spiro atoms. The number of aromatic nitrogens is 3. The summed E-state index contributed by atoms with van der Waals surface area (Å²) < 4.78 is 2.63. The Bertz CT molecular complexity index is 1260. The summed E-state index contributed by atoms with van der Waals surface area (Å²) in [5.74, 6) is 0.921. The van der Waals surface area contributed by atoms with Crippen molar-refractivity contribution in [2.45, 2.75) is 21.3 Å². The van der Waals surface area contributed by atoms with Crippen LogP contribution < -0.4 is 4.90 Å². The lowest BCUT2D eigenvalue weighted by Gasteiger charge is -2.40. The van der Waals surface area contributed by atoms with Crippen LogP contribution in [0.25, 0.3) is 11.4 Å². The van der Waals surface area contributed by atoms with E-state index < -0.39 is 0 Å².